The number of anilines is 2. The quantitative estimate of drug-likeness (QED) is 0.0587. The molecule has 6 rings (SSSR count). The Balaban J connectivity index is 0.850. The van der Waals surface area contributed by atoms with Gasteiger partial charge in [-0.05, 0) is 74.6 Å². The van der Waals surface area contributed by atoms with Crippen LogP contribution in [0.5, 0.6) is 5.75 Å². The van der Waals surface area contributed by atoms with E-state index in [-0.39, 0.29) is 48.1 Å². The lowest BCUT2D eigenvalue weighted by Gasteiger charge is -2.27. The van der Waals surface area contributed by atoms with Crippen molar-refractivity contribution in [3.8, 4) is 5.75 Å². The van der Waals surface area contributed by atoms with Crippen LogP contribution in [0.4, 0.5) is 11.4 Å². The number of benzene rings is 3. The van der Waals surface area contributed by atoms with E-state index in [0.29, 0.717) is 18.7 Å². The molecule has 1 unspecified atom stereocenters. The zero-order chi connectivity index (χ0) is 40.1. The van der Waals surface area contributed by atoms with Crippen molar-refractivity contribution in [2.45, 2.75) is 90.0 Å². The summed E-state index contributed by atoms with van der Waals surface area (Å²) in [6.07, 6.45) is 12.5. The molecule has 13 heteroatoms. The summed E-state index contributed by atoms with van der Waals surface area (Å²) in [7, 11) is 0. The number of unbranched alkanes of at least 4 members (excludes halogenated alkanes) is 8. The summed E-state index contributed by atoms with van der Waals surface area (Å²) in [5, 5.41) is 12.3. The number of imide groups is 2. The fourth-order valence-corrected chi connectivity index (χ4v) is 7.34. The van der Waals surface area contributed by atoms with Gasteiger partial charge in [0, 0.05) is 36.8 Å². The molecule has 298 valence electrons. The number of pyridine rings is 1. The van der Waals surface area contributed by atoms with Gasteiger partial charge in [0.05, 0.1) is 27.9 Å². The van der Waals surface area contributed by atoms with E-state index in [1.165, 1.54) is 37.0 Å². The van der Waals surface area contributed by atoms with E-state index in [9.17, 15) is 28.8 Å². The first-order valence-corrected chi connectivity index (χ1v) is 20.0. The van der Waals surface area contributed by atoms with Crippen LogP contribution in [0.15, 0.2) is 72.9 Å². The molecule has 1 aromatic heterocycles. The Hall–Kier alpha value is -6.11. The predicted octanol–water partition coefficient (Wildman–Crippen LogP) is 6.38. The Morgan fingerprint density at radius 1 is 0.842 bits per heavy atom. The minimum absolute atomic E-state index is 0.0163. The fourth-order valence-electron chi connectivity index (χ4n) is 7.34. The van der Waals surface area contributed by atoms with E-state index >= 15 is 0 Å². The van der Waals surface area contributed by atoms with E-state index in [2.05, 4.69) is 38.4 Å². The minimum Gasteiger partial charge on any atom is -0.483 e. The molecule has 0 bridgehead atoms. The van der Waals surface area contributed by atoms with E-state index in [1.807, 2.05) is 43.3 Å². The van der Waals surface area contributed by atoms with Crippen LogP contribution in [0.3, 0.4) is 0 Å². The molecule has 6 amide bonds. The van der Waals surface area contributed by atoms with Gasteiger partial charge in [-0.15, -0.1) is 0 Å². The minimum atomic E-state index is -1.08. The summed E-state index contributed by atoms with van der Waals surface area (Å²) in [5.74, 6) is -2.82. The average Bonchev–Trinajstić information content (AvgIpc) is 3.46. The Morgan fingerprint density at radius 2 is 1.58 bits per heavy atom. The highest BCUT2D eigenvalue weighted by atomic mass is 16.5. The SMILES string of the molecule is CCNC(=O)c1cnc2ccc(CCCCCCCCCCCNC(=O)COc3cccc4c3C(=O)N(C3CCC(=O)NC3=O)C4=O)cc2c1Nc1ccccc1. The third-order valence-electron chi connectivity index (χ3n) is 10.3. The molecule has 57 heavy (non-hydrogen) atoms. The molecule has 2 aliphatic heterocycles. The highest BCUT2D eigenvalue weighted by molar-refractivity contribution is 6.24. The third kappa shape index (κ3) is 10.2. The van der Waals surface area contributed by atoms with Crippen LogP contribution in [0.25, 0.3) is 10.9 Å². The Labute approximate surface area is 332 Å². The molecule has 13 nitrogen and oxygen atoms in total. The topological polar surface area (TPSA) is 176 Å². The number of hydrogen-bond donors (Lipinski definition) is 4. The number of nitrogens with zero attached hydrogens (tertiary/aromatic N) is 2. The molecular formula is C44H50N6O7. The molecule has 1 atom stereocenters. The number of para-hydroxylation sites is 1. The maximum Gasteiger partial charge on any atom is 0.266 e. The molecule has 0 saturated carbocycles. The number of hydrogen-bond acceptors (Lipinski definition) is 9. The van der Waals surface area contributed by atoms with Crippen molar-refractivity contribution < 1.29 is 33.5 Å². The third-order valence-corrected chi connectivity index (χ3v) is 10.3. The van der Waals surface area contributed by atoms with E-state index < -0.39 is 29.7 Å². The van der Waals surface area contributed by atoms with Crippen molar-refractivity contribution in [2.24, 2.45) is 0 Å². The normalized spacial score (nSPS) is 15.0. The lowest BCUT2D eigenvalue weighted by atomic mass is 10.0. The standard InChI is InChI=1S/C44H50N6O7/c1-2-45-41(53)33-27-47-34-22-21-29(26-32(34)40(33)48-30-17-12-10-13-18-30)16-11-8-6-4-3-5-7-9-14-25-46-38(52)28-57-36-20-15-19-31-39(36)44(56)50(43(31)55)35-23-24-37(51)49-42(35)54/h10,12-13,15,17-22,26-27,35H,2-9,11,14,16,23-25,28H2,1H3,(H,45,53)(H,46,52)(H,47,48)(H,49,51,54). The van der Waals surface area contributed by atoms with Gasteiger partial charge in [0.1, 0.15) is 11.8 Å². The van der Waals surface area contributed by atoms with Gasteiger partial charge in [-0.1, -0.05) is 75.3 Å². The predicted molar refractivity (Wildman–Crippen MR) is 216 cm³/mol. The van der Waals surface area contributed by atoms with Gasteiger partial charge in [0.25, 0.3) is 23.6 Å². The summed E-state index contributed by atoms with van der Waals surface area (Å²) >= 11 is 0. The second-order valence-electron chi connectivity index (χ2n) is 14.4. The number of carbonyl (C=O) groups is 6. The molecule has 0 aliphatic carbocycles. The molecule has 0 radical (unpaired) electrons. The lowest BCUT2D eigenvalue weighted by Crippen LogP contribution is -2.54. The van der Waals surface area contributed by atoms with Crippen molar-refractivity contribution in [2.75, 3.05) is 25.0 Å². The van der Waals surface area contributed by atoms with E-state index in [4.69, 9.17) is 4.74 Å². The Bertz CT molecular complexity index is 2120. The van der Waals surface area contributed by atoms with Gasteiger partial charge < -0.3 is 20.7 Å². The van der Waals surface area contributed by atoms with Gasteiger partial charge in [-0.3, -0.25) is 44.0 Å². The van der Waals surface area contributed by atoms with Crippen LogP contribution in [0, 0.1) is 0 Å². The van der Waals surface area contributed by atoms with Gasteiger partial charge in [0.15, 0.2) is 6.61 Å². The largest absolute Gasteiger partial charge is 0.483 e. The van der Waals surface area contributed by atoms with Crippen LogP contribution >= 0.6 is 0 Å². The van der Waals surface area contributed by atoms with Gasteiger partial charge in [0.2, 0.25) is 11.8 Å². The lowest BCUT2D eigenvalue weighted by molar-refractivity contribution is -0.136. The zero-order valence-electron chi connectivity index (χ0n) is 32.4. The van der Waals surface area contributed by atoms with Crippen LogP contribution in [-0.2, 0) is 20.8 Å². The number of carbonyl (C=O) groups excluding carboxylic acids is 6. The second-order valence-corrected chi connectivity index (χ2v) is 14.4. The van der Waals surface area contributed by atoms with Crippen LogP contribution < -0.4 is 26.0 Å². The summed E-state index contributed by atoms with van der Waals surface area (Å²) in [6.45, 7) is 2.63. The van der Waals surface area contributed by atoms with Crippen molar-refractivity contribution in [3.05, 3.63) is 95.2 Å². The van der Waals surface area contributed by atoms with Crippen molar-refractivity contribution >= 4 is 57.7 Å². The number of amides is 6. The maximum atomic E-state index is 13.2. The molecule has 3 aromatic carbocycles. The number of fused-ring (bicyclic) bond motifs is 2. The second kappa shape index (κ2) is 19.7. The monoisotopic (exact) mass is 774 g/mol. The van der Waals surface area contributed by atoms with E-state index in [1.54, 1.807) is 12.3 Å². The van der Waals surface area contributed by atoms with Crippen LogP contribution in [0.1, 0.15) is 114 Å². The highest BCUT2D eigenvalue weighted by Crippen LogP contribution is 2.34. The number of ether oxygens (including phenoxy) is 1. The van der Waals surface area contributed by atoms with Crippen molar-refractivity contribution in [3.63, 3.8) is 0 Å². The highest BCUT2D eigenvalue weighted by Gasteiger charge is 2.46. The van der Waals surface area contributed by atoms with Crippen LogP contribution in [-0.4, -0.2) is 71.1 Å². The van der Waals surface area contributed by atoms with Gasteiger partial charge in [-0.2, -0.15) is 0 Å². The number of piperidine rings is 1. The number of nitrogens with one attached hydrogen (secondary N) is 4. The van der Waals surface area contributed by atoms with Gasteiger partial charge in [-0.25, -0.2) is 0 Å². The molecule has 3 heterocycles. The number of aryl methyl sites for hydroxylation is 1. The molecule has 1 saturated heterocycles. The summed E-state index contributed by atoms with van der Waals surface area (Å²) < 4.78 is 5.66. The average molecular weight is 775 g/mol. The Morgan fingerprint density at radius 3 is 2.32 bits per heavy atom. The fraction of sp³-hybridized carbons (Fsp3) is 0.386. The van der Waals surface area contributed by atoms with Crippen LogP contribution in [0.2, 0.25) is 0 Å². The maximum absolute atomic E-state index is 13.2. The summed E-state index contributed by atoms with van der Waals surface area (Å²) in [6, 6.07) is 19.6. The smallest absolute Gasteiger partial charge is 0.266 e. The molecule has 1 fully saturated rings. The summed E-state index contributed by atoms with van der Waals surface area (Å²) in [4.78, 5) is 81.0. The molecule has 4 N–H and O–H groups in total. The molecule has 0 spiro atoms. The zero-order valence-corrected chi connectivity index (χ0v) is 32.4. The summed E-state index contributed by atoms with van der Waals surface area (Å²) in [5.41, 5.74) is 4.38. The molecule has 4 aromatic rings. The van der Waals surface area contributed by atoms with Gasteiger partial charge >= 0.3 is 0 Å². The first-order valence-electron chi connectivity index (χ1n) is 20.0. The van der Waals surface area contributed by atoms with E-state index in [0.717, 1.165) is 72.1 Å². The Kier molecular flexibility index (Phi) is 14.0. The first-order chi connectivity index (χ1) is 27.7. The number of aromatic nitrogens is 1. The molecule has 2 aliphatic rings. The molecular weight excluding hydrogens is 725 g/mol. The van der Waals surface area contributed by atoms with Crippen molar-refractivity contribution in [1.29, 1.82) is 0 Å². The number of rotatable bonds is 20. The van der Waals surface area contributed by atoms with Crippen molar-refractivity contribution in [1.82, 2.24) is 25.8 Å². The first kappa shape index (κ1) is 40.6.